The van der Waals surface area contributed by atoms with Crippen LogP contribution in [0.25, 0.3) is 0 Å². The van der Waals surface area contributed by atoms with Crippen LogP contribution in [0.15, 0.2) is 23.3 Å². The predicted octanol–water partition coefficient (Wildman–Crippen LogP) is 0.391. The van der Waals surface area contributed by atoms with E-state index in [1.807, 2.05) is 5.43 Å². The molecule has 1 radical (unpaired) electrons. The Balaban J connectivity index is 2.91. The molecule has 0 unspecified atom stereocenters. The Hall–Kier alpha value is -2.04. The number of phenolic OH excluding ortho intramolecular Hbond substituents is 1. The predicted molar refractivity (Wildman–Crippen MR) is 51.1 cm³/mol. The third kappa shape index (κ3) is 2.22. The van der Waals surface area contributed by atoms with Crippen LogP contribution < -0.4 is 10.2 Å². The summed E-state index contributed by atoms with van der Waals surface area (Å²) < 4.78 is 4.88. The van der Waals surface area contributed by atoms with E-state index in [4.69, 9.17) is 4.74 Å². The van der Waals surface area contributed by atoms with Gasteiger partial charge in [0.15, 0.2) is 11.5 Å². The van der Waals surface area contributed by atoms with Gasteiger partial charge < -0.3 is 9.84 Å². The number of hydrazone groups is 1. The van der Waals surface area contributed by atoms with Gasteiger partial charge in [0.25, 0.3) is 0 Å². The maximum absolute atomic E-state index is 9.77. The SMILES string of the molecule is COc1cccc(C=NN[C]=O)c1O. The lowest BCUT2D eigenvalue weighted by Gasteiger charge is -2.04. The van der Waals surface area contributed by atoms with Crippen molar-refractivity contribution in [3.05, 3.63) is 23.8 Å². The van der Waals surface area contributed by atoms with E-state index >= 15 is 0 Å². The number of methoxy groups -OCH3 is 1. The lowest BCUT2D eigenvalue weighted by atomic mass is 10.2. The lowest BCUT2D eigenvalue weighted by molar-refractivity contribution is 0.373. The van der Waals surface area contributed by atoms with Gasteiger partial charge in [-0.05, 0) is 12.1 Å². The van der Waals surface area contributed by atoms with Gasteiger partial charge in [-0.25, -0.2) is 5.43 Å². The molecule has 1 rings (SSSR count). The minimum Gasteiger partial charge on any atom is -0.504 e. The second-order valence-electron chi connectivity index (χ2n) is 2.37. The number of aromatic hydroxyl groups is 1. The summed E-state index contributed by atoms with van der Waals surface area (Å²) in [6, 6.07) is 4.95. The molecule has 5 nitrogen and oxygen atoms in total. The van der Waals surface area contributed by atoms with Crippen LogP contribution in [-0.4, -0.2) is 24.8 Å². The number of rotatable bonds is 4. The number of phenols is 1. The molecule has 0 aromatic heterocycles. The van der Waals surface area contributed by atoms with Crippen molar-refractivity contribution in [2.24, 2.45) is 5.10 Å². The summed E-state index contributed by atoms with van der Waals surface area (Å²) in [6.07, 6.45) is 2.67. The molecule has 2 N–H and O–H groups in total. The Labute approximate surface area is 81.0 Å². The van der Waals surface area contributed by atoms with E-state index in [0.717, 1.165) is 0 Å². The first-order valence-corrected chi connectivity index (χ1v) is 3.80. The average molecular weight is 193 g/mol. The van der Waals surface area contributed by atoms with Crippen LogP contribution in [-0.2, 0) is 4.79 Å². The Morgan fingerprint density at radius 2 is 2.43 bits per heavy atom. The van der Waals surface area contributed by atoms with Crippen molar-refractivity contribution in [2.45, 2.75) is 0 Å². The Bertz CT molecular complexity index is 350. The van der Waals surface area contributed by atoms with Crippen LogP contribution in [0, 0.1) is 0 Å². The molecule has 1 aromatic rings. The first kappa shape index (κ1) is 10.0. The summed E-state index contributed by atoms with van der Waals surface area (Å²) >= 11 is 0. The van der Waals surface area contributed by atoms with Gasteiger partial charge >= 0.3 is 6.41 Å². The van der Waals surface area contributed by atoms with Gasteiger partial charge in [-0.1, -0.05) is 6.07 Å². The largest absolute Gasteiger partial charge is 0.504 e. The van der Waals surface area contributed by atoms with E-state index in [-0.39, 0.29) is 5.75 Å². The van der Waals surface area contributed by atoms with Crippen LogP contribution in [0.2, 0.25) is 0 Å². The topological polar surface area (TPSA) is 70.9 Å². The van der Waals surface area contributed by atoms with Crippen LogP contribution in [0.1, 0.15) is 5.56 Å². The number of carbonyl (C=O) groups excluding carboxylic acids is 1. The fourth-order valence-electron chi connectivity index (χ4n) is 0.936. The number of hydrogen-bond donors (Lipinski definition) is 2. The third-order valence-corrected chi connectivity index (χ3v) is 1.56. The van der Waals surface area contributed by atoms with Gasteiger partial charge in [-0.2, -0.15) is 5.10 Å². The van der Waals surface area contributed by atoms with Crippen molar-refractivity contribution in [1.29, 1.82) is 0 Å². The van der Waals surface area contributed by atoms with Crippen molar-refractivity contribution >= 4 is 12.6 Å². The van der Waals surface area contributed by atoms with Crippen LogP contribution in [0.3, 0.4) is 0 Å². The highest BCUT2D eigenvalue weighted by molar-refractivity contribution is 5.85. The van der Waals surface area contributed by atoms with Gasteiger partial charge in [-0.3, -0.25) is 4.79 Å². The number of ether oxygens (including phenoxy) is 1. The normalized spacial score (nSPS) is 10.1. The minimum absolute atomic E-state index is 0.0218. The quantitative estimate of drug-likeness (QED) is 0.413. The molecule has 73 valence electrons. The number of amides is 1. The Morgan fingerprint density at radius 1 is 1.64 bits per heavy atom. The monoisotopic (exact) mass is 193 g/mol. The zero-order chi connectivity index (χ0) is 10.4. The molecular weight excluding hydrogens is 184 g/mol. The molecule has 5 heteroatoms. The number of benzene rings is 1. The molecule has 1 aromatic carbocycles. The minimum atomic E-state index is -0.0218. The lowest BCUT2D eigenvalue weighted by Crippen LogP contribution is -2.00. The number of nitrogens with one attached hydrogen (secondary N) is 1. The van der Waals surface area contributed by atoms with Gasteiger partial charge in [0.1, 0.15) is 0 Å². The van der Waals surface area contributed by atoms with Crippen LogP contribution in [0.4, 0.5) is 0 Å². The Morgan fingerprint density at radius 3 is 3.07 bits per heavy atom. The maximum Gasteiger partial charge on any atom is 0.331 e. The molecule has 0 aliphatic rings. The molecule has 0 saturated carbocycles. The highest BCUT2D eigenvalue weighted by atomic mass is 16.5. The zero-order valence-corrected chi connectivity index (χ0v) is 7.52. The molecule has 0 aliphatic heterocycles. The number of nitrogens with zero attached hydrogens (tertiary/aromatic N) is 1. The molecule has 0 heterocycles. The van der Waals surface area contributed by atoms with E-state index in [2.05, 4.69) is 5.10 Å². The highest BCUT2D eigenvalue weighted by Gasteiger charge is 2.04. The number of para-hydroxylation sites is 1. The van der Waals surface area contributed by atoms with Crippen molar-refractivity contribution in [2.75, 3.05) is 7.11 Å². The van der Waals surface area contributed by atoms with Crippen LogP contribution >= 0.6 is 0 Å². The fraction of sp³-hybridized carbons (Fsp3) is 0.111. The summed E-state index contributed by atoms with van der Waals surface area (Å²) in [6.45, 7) is 0. The van der Waals surface area contributed by atoms with E-state index in [0.29, 0.717) is 11.3 Å². The molecule has 0 spiro atoms. The first-order chi connectivity index (χ1) is 6.79. The smallest absolute Gasteiger partial charge is 0.331 e. The second kappa shape index (κ2) is 4.86. The molecule has 14 heavy (non-hydrogen) atoms. The number of hydrogen-bond acceptors (Lipinski definition) is 4. The average Bonchev–Trinajstić information content (AvgIpc) is 2.21. The first-order valence-electron chi connectivity index (χ1n) is 3.80. The summed E-state index contributed by atoms with van der Waals surface area (Å²) in [4.78, 5) is 9.77. The molecule has 0 fully saturated rings. The summed E-state index contributed by atoms with van der Waals surface area (Å²) in [5.41, 5.74) is 2.42. The van der Waals surface area contributed by atoms with Gasteiger partial charge in [-0.15, -0.1) is 0 Å². The fourth-order valence-corrected chi connectivity index (χ4v) is 0.936. The van der Waals surface area contributed by atoms with Crippen molar-refractivity contribution in [3.8, 4) is 11.5 Å². The third-order valence-electron chi connectivity index (χ3n) is 1.56. The van der Waals surface area contributed by atoms with Crippen LogP contribution in [0.5, 0.6) is 11.5 Å². The second-order valence-corrected chi connectivity index (χ2v) is 2.37. The van der Waals surface area contributed by atoms with Crippen molar-refractivity contribution < 1.29 is 14.6 Å². The summed E-state index contributed by atoms with van der Waals surface area (Å²) in [5.74, 6) is 0.329. The molecule has 0 aliphatic carbocycles. The zero-order valence-electron chi connectivity index (χ0n) is 7.52. The standard InChI is InChI=1S/C9H9N2O3/c1-14-8-4-2-3-7(9(8)13)5-10-11-6-12/h2-5,13H,1H3,(H,11,12). The maximum atomic E-state index is 9.77. The van der Waals surface area contributed by atoms with E-state index in [9.17, 15) is 9.90 Å². The molecule has 1 amide bonds. The van der Waals surface area contributed by atoms with Crippen molar-refractivity contribution in [3.63, 3.8) is 0 Å². The molecule has 0 saturated heterocycles. The van der Waals surface area contributed by atoms with E-state index in [1.54, 1.807) is 18.2 Å². The molecule has 0 bridgehead atoms. The highest BCUT2D eigenvalue weighted by Crippen LogP contribution is 2.27. The van der Waals surface area contributed by atoms with Gasteiger partial charge in [0.05, 0.1) is 13.3 Å². The summed E-state index contributed by atoms with van der Waals surface area (Å²) in [5, 5.41) is 13.0. The molecular formula is C9H9N2O3. The Kier molecular flexibility index (Phi) is 3.49. The summed E-state index contributed by atoms with van der Waals surface area (Å²) in [7, 11) is 1.45. The van der Waals surface area contributed by atoms with Gasteiger partial charge in [0, 0.05) is 5.56 Å². The van der Waals surface area contributed by atoms with E-state index < -0.39 is 0 Å². The van der Waals surface area contributed by atoms with Gasteiger partial charge in [0.2, 0.25) is 0 Å². The molecule has 0 atom stereocenters. The van der Waals surface area contributed by atoms with Crippen molar-refractivity contribution in [1.82, 2.24) is 5.43 Å². The van der Waals surface area contributed by atoms with E-state index in [1.165, 1.54) is 19.7 Å².